The van der Waals surface area contributed by atoms with Crippen LogP contribution in [0.1, 0.15) is 13.3 Å². The molecule has 3 rings (SSSR count). The Kier molecular flexibility index (Phi) is 5.47. The fourth-order valence-electron chi connectivity index (χ4n) is 2.58. The first-order valence-corrected chi connectivity index (χ1v) is 8.73. The molecule has 0 heterocycles. The molecule has 0 aliphatic carbocycles. The van der Waals surface area contributed by atoms with Crippen molar-refractivity contribution in [2.24, 2.45) is 0 Å². The van der Waals surface area contributed by atoms with Crippen LogP contribution in [0.2, 0.25) is 10.0 Å². The number of nitrogens with one attached hydrogen (secondary N) is 1. The van der Waals surface area contributed by atoms with E-state index in [0.717, 1.165) is 10.8 Å². The molecule has 128 valence electrons. The van der Waals surface area contributed by atoms with E-state index >= 15 is 0 Å². The summed E-state index contributed by atoms with van der Waals surface area (Å²) in [4.78, 5) is 12.5. The lowest BCUT2D eigenvalue weighted by atomic mass is 10.1. The van der Waals surface area contributed by atoms with Crippen molar-refractivity contribution in [3.8, 4) is 5.75 Å². The molecule has 0 radical (unpaired) electrons. The first-order valence-electron chi connectivity index (χ1n) is 7.97. The number of halogens is 2. The topological polar surface area (TPSA) is 38.3 Å². The molecule has 3 aromatic carbocycles. The number of anilines is 1. The Labute approximate surface area is 156 Å². The second-order valence-electron chi connectivity index (χ2n) is 5.67. The van der Waals surface area contributed by atoms with Gasteiger partial charge >= 0.3 is 0 Å². The van der Waals surface area contributed by atoms with Gasteiger partial charge in [-0.3, -0.25) is 4.79 Å². The average molecular weight is 374 g/mol. The highest BCUT2D eigenvalue weighted by Gasteiger charge is 2.19. The predicted molar refractivity (Wildman–Crippen MR) is 104 cm³/mol. The van der Waals surface area contributed by atoms with Gasteiger partial charge in [0.1, 0.15) is 5.75 Å². The van der Waals surface area contributed by atoms with Gasteiger partial charge in [-0.1, -0.05) is 60.5 Å². The number of hydrogen-bond donors (Lipinski definition) is 1. The molecular formula is C20H17Cl2NO2. The van der Waals surface area contributed by atoms with Gasteiger partial charge in [0.25, 0.3) is 5.91 Å². The number of hydrogen-bond acceptors (Lipinski definition) is 2. The fourth-order valence-corrected chi connectivity index (χ4v) is 3.10. The number of amides is 1. The minimum absolute atomic E-state index is 0.242. The number of carbonyl (C=O) groups is 1. The normalized spacial score (nSPS) is 12.0. The van der Waals surface area contributed by atoms with Gasteiger partial charge in [0.15, 0.2) is 6.10 Å². The third kappa shape index (κ3) is 4.44. The molecule has 3 nitrogen and oxygen atoms in total. The zero-order chi connectivity index (χ0) is 17.8. The van der Waals surface area contributed by atoms with E-state index in [1.807, 2.05) is 49.4 Å². The van der Waals surface area contributed by atoms with Crippen LogP contribution in [0, 0.1) is 0 Å². The molecule has 0 saturated carbocycles. The van der Waals surface area contributed by atoms with Crippen LogP contribution in [0.3, 0.4) is 0 Å². The summed E-state index contributed by atoms with van der Waals surface area (Å²) in [6, 6.07) is 18.7. The van der Waals surface area contributed by atoms with Crippen molar-refractivity contribution in [3.63, 3.8) is 0 Å². The first-order chi connectivity index (χ1) is 12.0. The zero-order valence-electron chi connectivity index (χ0n) is 13.6. The van der Waals surface area contributed by atoms with E-state index in [0.29, 0.717) is 27.9 Å². The Morgan fingerprint density at radius 3 is 2.36 bits per heavy atom. The van der Waals surface area contributed by atoms with Gasteiger partial charge in [0.2, 0.25) is 0 Å². The highest BCUT2D eigenvalue weighted by molar-refractivity contribution is 6.35. The lowest BCUT2D eigenvalue weighted by Crippen LogP contribution is -2.32. The van der Waals surface area contributed by atoms with Gasteiger partial charge in [-0.15, -0.1) is 0 Å². The summed E-state index contributed by atoms with van der Waals surface area (Å²) in [5.74, 6) is 0.416. The quantitative estimate of drug-likeness (QED) is 0.600. The van der Waals surface area contributed by atoms with Crippen LogP contribution in [0.5, 0.6) is 5.75 Å². The number of carbonyl (C=O) groups excluding carboxylic acids is 1. The van der Waals surface area contributed by atoms with Crippen molar-refractivity contribution in [2.45, 2.75) is 19.4 Å². The van der Waals surface area contributed by atoms with Crippen molar-refractivity contribution in [2.75, 3.05) is 5.32 Å². The summed E-state index contributed by atoms with van der Waals surface area (Å²) in [6.45, 7) is 1.90. The molecule has 5 heteroatoms. The van der Waals surface area contributed by atoms with Crippen LogP contribution in [0.15, 0.2) is 60.7 Å². The number of rotatable bonds is 5. The van der Waals surface area contributed by atoms with Gasteiger partial charge in [-0.05, 0) is 47.5 Å². The molecule has 25 heavy (non-hydrogen) atoms. The average Bonchev–Trinajstić information content (AvgIpc) is 2.58. The van der Waals surface area contributed by atoms with Crippen LogP contribution in [-0.4, -0.2) is 12.0 Å². The molecule has 0 unspecified atom stereocenters. The lowest BCUT2D eigenvalue weighted by Gasteiger charge is -2.18. The maximum Gasteiger partial charge on any atom is 0.265 e. The molecule has 1 atom stereocenters. The van der Waals surface area contributed by atoms with Crippen LogP contribution < -0.4 is 10.1 Å². The Balaban J connectivity index is 1.75. The molecule has 0 spiro atoms. The molecule has 0 bridgehead atoms. The van der Waals surface area contributed by atoms with Gasteiger partial charge in [0.05, 0.1) is 0 Å². The highest BCUT2D eigenvalue weighted by atomic mass is 35.5. The van der Waals surface area contributed by atoms with Crippen molar-refractivity contribution < 1.29 is 9.53 Å². The minimum atomic E-state index is -0.612. The molecule has 1 amide bonds. The lowest BCUT2D eigenvalue weighted by molar-refractivity contribution is -0.122. The monoisotopic (exact) mass is 373 g/mol. The Morgan fingerprint density at radius 1 is 1.00 bits per heavy atom. The molecule has 0 fully saturated rings. The number of ether oxygens (including phenoxy) is 1. The van der Waals surface area contributed by atoms with Crippen molar-refractivity contribution in [1.82, 2.24) is 0 Å². The smallest absolute Gasteiger partial charge is 0.265 e. The summed E-state index contributed by atoms with van der Waals surface area (Å²) in [6.07, 6.45) is -0.0774. The van der Waals surface area contributed by atoms with E-state index in [2.05, 4.69) is 5.32 Å². The van der Waals surface area contributed by atoms with E-state index in [-0.39, 0.29) is 5.91 Å². The molecule has 0 aliphatic heterocycles. The minimum Gasteiger partial charge on any atom is -0.481 e. The van der Waals surface area contributed by atoms with E-state index in [9.17, 15) is 4.79 Å². The summed E-state index contributed by atoms with van der Waals surface area (Å²) in [5.41, 5.74) is 0.545. The van der Waals surface area contributed by atoms with E-state index in [1.165, 1.54) is 0 Å². The third-order valence-electron chi connectivity index (χ3n) is 3.79. The third-order valence-corrected chi connectivity index (χ3v) is 4.23. The summed E-state index contributed by atoms with van der Waals surface area (Å²) < 4.78 is 5.89. The molecular weight excluding hydrogens is 357 g/mol. The van der Waals surface area contributed by atoms with Gasteiger partial charge in [-0.25, -0.2) is 0 Å². The van der Waals surface area contributed by atoms with E-state index in [1.54, 1.807) is 18.2 Å². The molecule has 0 aromatic heterocycles. The van der Waals surface area contributed by atoms with Crippen molar-refractivity contribution in [1.29, 1.82) is 0 Å². The largest absolute Gasteiger partial charge is 0.481 e. The fraction of sp³-hybridized carbons (Fsp3) is 0.150. The van der Waals surface area contributed by atoms with Gasteiger partial charge < -0.3 is 10.1 Å². The molecule has 1 N–H and O–H groups in total. The molecule has 3 aromatic rings. The van der Waals surface area contributed by atoms with Gasteiger partial charge in [-0.2, -0.15) is 0 Å². The predicted octanol–water partition coefficient (Wildman–Crippen LogP) is 5.94. The number of benzene rings is 3. The highest BCUT2D eigenvalue weighted by Crippen LogP contribution is 2.24. The van der Waals surface area contributed by atoms with Crippen LogP contribution in [0.25, 0.3) is 10.8 Å². The summed E-state index contributed by atoms with van der Waals surface area (Å²) in [5, 5.41) is 5.92. The zero-order valence-corrected chi connectivity index (χ0v) is 15.1. The maximum absolute atomic E-state index is 12.5. The molecule has 0 saturated heterocycles. The standard InChI is InChI=1S/C20H17Cl2NO2/c1-2-19(20(24)23-17-11-15(21)10-16(22)12-17)25-18-8-7-13-5-3-4-6-14(13)9-18/h3-12,19H,2H2,1H3,(H,23,24)/t19-/m0/s1. The summed E-state index contributed by atoms with van der Waals surface area (Å²) >= 11 is 11.9. The number of fused-ring (bicyclic) bond motifs is 1. The van der Waals surface area contributed by atoms with Crippen molar-refractivity contribution in [3.05, 3.63) is 70.7 Å². The Bertz CT molecular complexity index is 891. The van der Waals surface area contributed by atoms with E-state index in [4.69, 9.17) is 27.9 Å². The Morgan fingerprint density at radius 2 is 1.68 bits per heavy atom. The maximum atomic E-state index is 12.5. The van der Waals surface area contributed by atoms with Crippen LogP contribution >= 0.6 is 23.2 Å². The first kappa shape index (κ1) is 17.6. The van der Waals surface area contributed by atoms with Gasteiger partial charge in [0, 0.05) is 15.7 Å². The molecule has 0 aliphatic rings. The second-order valence-corrected chi connectivity index (χ2v) is 6.54. The van der Waals surface area contributed by atoms with Crippen LogP contribution in [0.4, 0.5) is 5.69 Å². The van der Waals surface area contributed by atoms with Crippen molar-refractivity contribution >= 4 is 45.6 Å². The Hall–Kier alpha value is -2.23. The van der Waals surface area contributed by atoms with Crippen LogP contribution in [-0.2, 0) is 4.79 Å². The van der Waals surface area contributed by atoms with E-state index < -0.39 is 6.10 Å². The SMILES string of the molecule is CC[C@H](Oc1ccc2ccccc2c1)C(=O)Nc1cc(Cl)cc(Cl)c1. The second kappa shape index (κ2) is 7.77. The summed E-state index contributed by atoms with van der Waals surface area (Å²) in [7, 11) is 0.